The normalized spacial score (nSPS) is 17.0. The molecule has 1 fully saturated rings. The lowest BCUT2D eigenvalue weighted by Crippen LogP contribution is -2.28. The Bertz CT molecular complexity index is 1010. The van der Waals surface area contributed by atoms with Gasteiger partial charge in [-0.2, -0.15) is 4.98 Å². The Morgan fingerprint density at radius 2 is 2.26 bits per heavy atom. The number of ether oxygens (including phenoxy) is 1. The molecule has 27 heavy (non-hydrogen) atoms. The molecule has 1 saturated heterocycles. The fourth-order valence-electron chi connectivity index (χ4n) is 3.06. The molecule has 0 spiro atoms. The zero-order valence-electron chi connectivity index (χ0n) is 14.9. The zero-order valence-corrected chi connectivity index (χ0v) is 16.4. The van der Waals surface area contributed by atoms with Gasteiger partial charge in [-0.05, 0) is 31.0 Å². The molecule has 3 aromatic rings. The first-order chi connectivity index (χ1) is 13.1. The summed E-state index contributed by atoms with van der Waals surface area (Å²) in [5.74, 6) is 1.62. The summed E-state index contributed by atoms with van der Waals surface area (Å²) in [5.41, 5.74) is 0.493. The van der Waals surface area contributed by atoms with E-state index in [1.807, 2.05) is 6.92 Å². The summed E-state index contributed by atoms with van der Waals surface area (Å²) in [7, 11) is 0. The molecule has 9 heteroatoms. The van der Waals surface area contributed by atoms with Crippen LogP contribution in [0.1, 0.15) is 31.5 Å². The van der Waals surface area contributed by atoms with E-state index < -0.39 is 0 Å². The van der Waals surface area contributed by atoms with E-state index in [0.29, 0.717) is 51.5 Å². The number of rotatable bonds is 6. The van der Waals surface area contributed by atoms with Crippen LogP contribution < -0.4 is 5.56 Å². The van der Waals surface area contributed by atoms with Crippen LogP contribution in [0.2, 0.25) is 5.02 Å². The average molecular weight is 407 g/mol. The highest BCUT2D eigenvalue weighted by molar-refractivity contribution is 7.98. The van der Waals surface area contributed by atoms with Gasteiger partial charge in [-0.3, -0.25) is 9.36 Å². The van der Waals surface area contributed by atoms with Gasteiger partial charge in [0, 0.05) is 18.1 Å². The highest BCUT2D eigenvalue weighted by atomic mass is 35.5. The molecule has 3 heterocycles. The SMILES string of the molecule is CCc1noc(CSc2nc3cc(Cl)ccc3c(=O)n2C[C@H]2CCCO2)n1. The Hall–Kier alpha value is -1.90. The molecule has 1 aliphatic heterocycles. The third-order valence-corrected chi connectivity index (χ3v) is 5.64. The van der Waals surface area contributed by atoms with Gasteiger partial charge < -0.3 is 9.26 Å². The summed E-state index contributed by atoms with van der Waals surface area (Å²) in [5, 5.41) is 5.60. The summed E-state index contributed by atoms with van der Waals surface area (Å²) < 4.78 is 12.7. The second-order valence-electron chi connectivity index (χ2n) is 6.35. The molecular formula is C18H19ClN4O3S. The van der Waals surface area contributed by atoms with E-state index in [4.69, 9.17) is 20.9 Å². The number of aryl methyl sites for hydroxylation is 1. The monoisotopic (exact) mass is 406 g/mol. The van der Waals surface area contributed by atoms with E-state index >= 15 is 0 Å². The number of hydrogen-bond donors (Lipinski definition) is 0. The minimum Gasteiger partial charge on any atom is -0.376 e. The van der Waals surface area contributed by atoms with Gasteiger partial charge in [-0.1, -0.05) is 35.4 Å². The molecule has 1 aromatic carbocycles. The number of hydrogen-bond acceptors (Lipinski definition) is 7. The fraction of sp³-hybridized carbons (Fsp3) is 0.444. The van der Waals surface area contributed by atoms with Gasteiger partial charge in [0.2, 0.25) is 5.89 Å². The van der Waals surface area contributed by atoms with Crippen LogP contribution in [0, 0.1) is 0 Å². The first kappa shape index (κ1) is 18.5. The Morgan fingerprint density at radius 1 is 1.37 bits per heavy atom. The van der Waals surface area contributed by atoms with Crippen molar-refractivity contribution < 1.29 is 9.26 Å². The van der Waals surface area contributed by atoms with Crippen LogP contribution in [0.5, 0.6) is 0 Å². The lowest BCUT2D eigenvalue weighted by molar-refractivity contribution is 0.0937. The third-order valence-electron chi connectivity index (χ3n) is 4.44. The predicted octanol–water partition coefficient (Wildman–Crippen LogP) is 3.47. The summed E-state index contributed by atoms with van der Waals surface area (Å²) in [6.45, 7) is 3.19. The molecule has 0 N–H and O–H groups in total. The molecule has 0 amide bonds. The van der Waals surface area contributed by atoms with E-state index in [2.05, 4.69) is 15.1 Å². The lowest BCUT2D eigenvalue weighted by atomic mass is 10.2. The van der Waals surface area contributed by atoms with Crippen molar-refractivity contribution >= 4 is 34.3 Å². The second kappa shape index (κ2) is 8.00. The first-order valence-electron chi connectivity index (χ1n) is 8.90. The van der Waals surface area contributed by atoms with Crippen molar-refractivity contribution in [3.05, 3.63) is 45.3 Å². The van der Waals surface area contributed by atoms with Crippen LogP contribution in [0.15, 0.2) is 32.7 Å². The van der Waals surface area contributed by atoms with Gasteiger partial charge in [-0.15, -0.1) is 0 Å². The lowest BCUT2D eigenvalue weighted by Gasteiger charge is -2.16. The van der Waals surface area contributed by atoms with E-state index in [-0.39, 0.29) is 11.7 Å². The maximum absolute atomic E-state index is 13.1. The molecule has 1 atom stereocenters. The summed E-state index contributed by atoms with van der Waals surface area (Å²) >= 11 is 7.48. The summed E-state index contributed by atoms with van der Waals surface area (Å²) in [6, 6.07) is 5.14. The van der Waals surface area contributed by atoms with Crippen LogP contribution in [-0.4, -0.2) is 32.4 Å². The first-order valence-corrected chi connectivity index (χ1v) is 10.3. The minimum absolute atomic E-state index is 0.0312. The second-order valence-corrected chi connectivity index (χ2v) is 7.73. The standard InChI is InChI=1S/C18H19ClN4O3S/c1-2-15-21-16(26-22-15)10-27-18-20-14-8-11(19)5-6-13(14)17(24)23(18)9-12-4-3-7-25-12/h5-6,8,12H,2-4,7,9-10H2,1H3/t12-/m1/s1. The summed E-state index contributed by atoms with van der Waals surface area (Å²) in [4.78, 5) is 22.1. The van der Waals surface area contributed by atoms with Crippen molar-refractivity contribution in [1.29, 1.82) is 0 Å². The molecule has 4 rings (SSSR count). The van der Waals surface area contributed by atoms with Crippen molar-refractivity contribution in [2.45, 2.75) is 49.7 Å². The largest absolute Gasteiger partial charge is 0.376 e. The van der Waals surface area contributed by atoms with Crippen LogP contribution in [-0.2, 0) is 23.5 Å². The average Bonchev–Trinajstić information content (AvgIpc) is 3.34. The van der Waals surface area contributed by atoms with Gasteiger partial charge in [0.1, 0.15) is 0 Å². The fourth-order valence-corrected chi connectivity index (χ4v) is 4.07. The van der Waals surface area contributed by atoms with Crippen molar-refractivity contribution in [2.75, 3.05) is 6.61 Å². The van der Waals surface area contributed by atoms with Gasteiger partial charge in [0.05, 0.1) is 29.3 Å². The Morgan fingerprint density at radius 3 is 3.00 bits per heavy atom. The van der Waals surface area contributed by atoms with Gasteiger partial charge in [0.15, 0.2) is 11.0 Å². The predicted molar refractivity (Wildman–Crippen MR) is 103 cm³/mol. The van der Waals surface area contributed by atoms with E-state index in [9.17, 15) is 4.79 Å². The number of fused-ring (bicyclic) bond motifs is 1. The van der Waals surface area contributed by atoms with Crippen molar-refractivity contribution in [3.63, 3.8) is 0 Å². The molecule has 1 aliphatic rings. The molecule has 0 aliphatic carbocycles. The van der Waals surface area contributed by atoms with Gasteiger partial charge in [0.25, 0.3) is 5.56 Å². The maximum Gasteiger partial charge on any atom is 0.262 e. The van der Waals surface area contributed by atoms with Crippen molar-refractivity contribution in [1.82, 2.24) is 19.7 Å². The Kier molecular flexibility index (Phi) is 5.47. The molecule has 0 bridgehead atoms. The zero-order chi connectivity index (χ0) is 18.8. The number of aromatic nitrogens is 4. The maximum atomic E-state index is 13.1. The number of thioether (sulfide) groups is 1. The van der Waals surface area contributed by atoms with E-state index in [0.717, 1.165) is 19.4 Å². The van der Waals surface area contributed by atoms with Crippen molar-refractivity contribution in [3.8, 4) is 0 Å². The highest BCUT2D eigenvalue weighted by Gasteiger charge is 2.21. The van der Waals surface area contributed by atoms with Gasteiger partial charge >= 0.3 is 0 Å². The molecule has 0 radical (unpaired) electrons. The smallest absolute Gasteiger partial charge is 0.262 e. The number of nitrogens with zero attached hydrogens (tertiary/aromatic N) is 4. The van der Waals surface area contributed by atoms with Crippen LogP contribution in [0.3, 0.4) is 0 Å². The summed E-state index contributed by atoms with van der Waals surface area (Å²) in [6.07, 6.45) is 2.70. The van der Waals surface area contributed by atoms with E-state index in [1.54, 1.807) is 22.8 Å². The topological polar surface area (TPSA) is 83.0 Å². The highest BCUT2D eigenvalue weighted by Crippen LogP contribution is 2.24. The molecular weight excluding hydrogens is 388 g/mol. The third kappa shape index (κ3) is 4.02. The Balaban J connectivity index is 1.69. The number of benzene rings is 1. The van der Waals surface area contributed by atoms with E-state index in [1.165, 1.54) is 11.8 Å². The molecule has 2 aromatic heterocycles. The quantitative estimate of drug-likeness (QED) is 0.457. The van der Waals surface area contributed by atoms with Gasteiger partial charge in [-0.25, -0.2) is 4.98 Å². The molecule has 7 nitrogen and oxygen atoms in total. The molecule has 0 unspecified atom stereocenters. The van der Waals surface area contributed by atoms with Crippen molar-refractivity contribution in [2.24, 2.45) is 0 Å². The number of halogens is 1. The molecule has 142 valence electrons. The van der Waals surface area contributed by atoms with Crippen LogP contribution >= 0.6 is 23.4 Å². The van der Waals surface area contributed by atoms with Crippen LogP contribution in [0.25, 0.3) is 10.9 Å². The Labute approximate surface area is 165 Å². The van der Waals surface area contributed by atoms with Crippen LogP contribution in [0.4, 0.5) is 0 Å². The molecule has 0 saturated carbocycles. The minimum atomic E-state index is -0.0885.